The lowest BCUT2D eigenvalue weighted by molar-refractivity contribution is -0.131. The maximum absolute atomic E-state index is 9.62. The van der Waals surface area contributed by atoms with Crippen LogP contribution in [0.2, 0.25) is 0 Å². The first-order chi connectivity index (χ1) is 3.68. The van der Waals surface area contributed by atoms with E-state index < -0.39 is 0 Å². The van der Waals surface area contributed by atoms with E-state index in [9.17, 15) is 4.79 Å². The Balaban J connectivity index is 0. The quantitative estimate of drug-likeness (QED) is 0.308. The first-order valence-corrected chi connectivity index (χ1v) is 2.69. The molecule has 0 aromatic heterocycles. The predicted octanol–water partition coefficient (Wildman–Crippen LogP) is -1.17. The molecule has 0 rings (SSSR count). The van der Waals surface area contributed by atoms with Crippen LogP contribution in [0.5, 0.6) is 0 Å². The van der Waals surface area contributed by atoms with Crippen molar-refractivity contribution in [3.63, 3.8) is 0 Å². The van der Waals surface area contributed by atoms with Crippen LogP contribution in [0.25, 0.3) is 0 Å². The van der Waals surface area contributed by atoms with Gasteiger partial charge < -0.3 is 4.43 Å². The van der Waals surface area contributed by atoms with E-state index in [1.54, 1.807) is 0 Å². The monoisotopic (exact) mass is 132 g/mol. The van der Waals surface area contributed by atoms with Crippen molar-refractivity contribution in [1.82, 2.24) is 0 Å². The summed E-state index contributed by atoms with van der Waals surface area (Å²) in [5.41, 5.74) is 0. The molecular formula is C4H8O3Si. The van der Waals surface area contributed by atoms with E-state index in [4.69, 9.17) is 4.79 Å². The van der Waals surface area contributed by atoms with Gasteiger partial charge in [0.1, 0.15) is 5.94 Å². The van der Waals surface area contributed by atoms with E-state index in [0.717, 1.165) is 0 Å². The molecule has 0 aliphatic carbocycles. The van der Waals surface area contributed by atoms with Crippen LogP contribution in [0.4, 0.5) is 0 Å². The number of carbonyl (C=O) groups is 1. The van der Waals surface area contributed by atoms with Crippen LogP contribution in [0.15, 0.2) is 6.58 Å². The molecule has 8 heavy (non-hydrogen) atoms. The van der Waals surface area contributed by atoms with Gasteiger partial charge in [0.25, 0.3) is 5.97 Å². The van der Waals surface area contributed by atoms with Gasteiger partial charge in [-0.15, -0.1) is 0 Å². The summed E-state index contributed by atoms with van der Waals surface area (Å²) < 4.78 is 4.25. The number of hydrogen-bond donors (Lipinski definition) is 0. The summed E-state index contributed by atoms with van der Waals surface area (Å²) in [7, 11) is 0.524. The second kappa shape index (κ2) is 9.46. The average Bonchev–Trinajstić information content (AvgIpc) is 1.69. The first-order valence-electron chi connectivity index (χ1n) is 1.87. The average molecular weight is 132 g/mol. The highest BCUT2D eigenvalue weighted by molar-refractivity contribution is 6.04. The van der Waals surface area contributed by atoms with Crippen molar-refractivity contribution < 1.29 is 14.0 Å². The minimum Gasteiger partial charge on any atom is -0.529 e. The third-order valence-electron chi connectivity index (χ3n) is 0.287. The Morgan fingerprint density at radius 3 is 2.00 bits per heavy atom. The fourth-order valence-corrected chi connectivity index (χ4v) is 0. The maximum atomic E-state index is 9.62. The largest absolute Gasteiger partial charge is 0.529 e. The van der Waals surface area contributed by atoms with Crippen molar-refractivity contribution in [2.75, 3.05) is 0 Å². The Morgan fingerprint density at radius 2 is 2.00 bits per heavy atom. The molecule has 0 heterocycles. The second-order valence-electron chi connectivity index (χ2n) is 0.840. The molecule has 0 aromatic carbocycles. The van der Waals surface area contributed by atoms with Gasteiger partial charge in [0.05, 0.1) is 0 Å². The highest BCUT2D eigenvalue weighted by atomic mass is 28.2. The lowest BCUT2D eigenvalue weighted by atomic mass is 10.9. The molecule has 0 fully saturated rings. The van der Waals surface area contributed by atoms with Gasteiger partial charge in [-0.3, -0.25) is 4.79 Å². The van der Waals surface area contributed by atoms with Crippen molar-refractivity contribution in [2.24, 2.45) is 0 Å². The Morgan fingerprint density at radius 1 is 1.88 bits per heavy atom. The zero-order chi connectivity index (χ0) is 6.99. The Hall–Kier alpha value is -0.863. The highest BCUT2D eigenvalue weighted by Gasteiger charge is 1.74. The summed E-state index contributed by atoms with van der Waals surface area (Å²) in [6.45, 7) is 4.08. The molecule has 0 radical (unpaired) electrons. The number of hydrogen-bond acceptors (Lipinski definition) is 3. The molecule has 3 nitrogen and oxygen atoms in total. The standard InChI is InChI=1S/C2H6O2Si.C2H2O/c1-2(3)4-5;1-2-3/h1,5H3;1H2. The first kappa shape index (κ1) is 10.2. The van der Waals surface area contributed by atoms with Crippen LogP contribution >= 0.6 is 0 Å². The summed E-state index contributed by atoms with van der Waals surface area (Å²) in [5, 5.41) is 0. The molecule has 0 saturated carbocycles. The lowest BCUT2D eigenvalue weighted by Gasteiger charge is -1.82. The van der Waals surface area contributed by atoms with Crippen LogP contribution in [-0.4, -0.2) is 22.4 Å². The molecule has 4 heteroatoms. The lowest BCUT2D eigenvalue weighted by Crippen LogP contribution is -1.90. The molecule has 0 unspecified atom stereocenters. The van der Waals surface area contributed by atoms with E-state index in [1.807, 2.05) is 0 Å². The summed E-state index contributed by atoms with van der Waals surface area (Å²) in [5.74, 6) is 1.07. The van der Waals surface area contributed by atoms with Gasteiger partial charge in [-0.05, 0) is 6.58 Å². The van der Waals surface area contributed by atoms with Crippen LogP contribution in [-0.2, 0) is 14.0 Å². The van der Waals surface area contributed by atoms with Crippen molar-refractivity contribution in [1.29, 1.82) is 0 Å². The molecule has 0 atom stereocenters. The van der Waals surface area contributed by atoms with Crippen molar-refractivity contribution in [2.45, 2.75) is 6.92 Å². The fourth-order valence-electron chi connectivity index (χ4n) is 0. The third-order valence-corrected chi connectivity index (χ3v) is 0.862. The van der Waals surface area contributed by atoms with Gasteiger partial charge in [-0.1, -0.05) is 0 Å². The van der Waals surface area contributed by atoms with Crippen LogP contribution < -0.4 is 0 Å². The number of carbonyl (C=O) groups excluding carboxylic acids is 2. The smallest absolute Gasteiger partial charge is 0.288 e. The second-order valence-corrected chi connectivity index (χ2v) is 1.25. The fraction of sp³-hybridized carbons (Fsp3) is 0.250. The maximum Gasteiger partial charge on any atom is 0.288 e. The van der Waals surface area contributed by atoms with E-state index in [1.165, 1.54) is 12.9 Å². The van der Waals surface area contributed by atoms with Crippen molar-refractivity contribution in [3.8, 4) is 0 Å². The van der Waals surface area contributed by atoms with E-state index in [0.29, 0.717) is 10.5 Å². The Bertz CT molecular complexity index is 93.5. The minimum absolute atomic E-state index is 0.184. The van der Waals surface area contributed by atoms with Gasteiger partial charge in [-0.25, -0.2) is 4.79 Å². The topological polar surface area (TPSA) is 43.4 Å². The van der Waals surface area contributed by atoms with Crippen molar-refractivity contribution in [3.05, 3.63) is 6.58 Å². The van der Waals surface area contributed by atoms with Gasteiger partial charge >= 0.3 is 0 Å². The molecule has 0 amide bonds. The molecule has 0 aromatic rings. The highest BCUT2D eigenvalue weighted by Crippen LogP contribution is 1.58. The summed E-state index contributed by atoms with van der Waals surface area (Å²) >= 11 is 0. The van der Waals surface area contributed by atoms with Gasteiger partial charge in [-0.2, -0.15) is 0 Å². The van der Waals surface area contributed by atoms with Gasteiger partial charge in [0.15, 0.2) is 0 Å². The van der Waals surface area contributed by atoms with E-state index in [2.05, 4.69) is 11.0 Å². The minimum atomic E-state index is -0.184. The van der Waals surface area contributed by atoms with Crippen LogP contribution in [0.3, 0.4) is 0 Å². The number of rotatable bonds is 0. The zero-order valence-electron chi connectivity index (χ0n) is 4.93. The summed E-state index contributed by atoms with van der Waals surface area (Å²) in [4.78, 5) is 18.2. The summed E-state index contributed by atoms with van der Waals surface area (Å²) in [6, 6.07) is 0. The predicted molar refractivity (Wildman–Crippen MR) is 33.0 cm³/mol. The Labute approximate surface area is 50.9 Å². The van der Waals surface area contributed by atoms with Crippen LogP contribution in [0.1, 0.15) is 6.92 Å². The zero-order valence-corrected chi connectivity index (χ0v) is 6.93. The van der Waals surface area contributed by atoms with E-state index >= 15 is 0 Å². The molecule has 0 aliphatic rings. The molecule has 0 spiro atoms. The molecule has 0 saturated heterocycles. The molecule has 0 bridgehead atoms. The third kappa shape index (κ3) is 68.0. The SMILES string of the molecule is C=C=O.CC(=O)O[SiH3]. The summed E-state index contributed by atoms with van der Waals surface area (Å²) in [6.07, 6.45) is 0. The van der Waals surface area contributed by atoms with Gasteiger partial charge in [0, 0.05) is 6.92 Å². The van der Waals surface area contributed by atoms with Crippen LogP contribution in [0, 0.1) is 0 Å². The molecule has 46 valence electrons. The Kier molecular flexibility index (Phi) is 12.0. The molecule has 0 aliphatic heterocycles. The van der Waals surface area contributed by atoms with Gasteiger partial charge in [0.2, 0.25) is 10.5 Å². The molecule has 0 N–H and O–H groups in total. The molecular weight excluding hydrogens is 124 g/mol. The van der Waals surface area contributed by atoms with Crippen molar-refractivity contribution >= 4 is 22.4 Å². The normalized spacial score (nSPS) is 5.62. The van der Waals surface area contributed by atoms with E-state index in [-0.39, 0.29) is 5.97 Å².